The van der Waals surface area contributed by atoms with Crippen molar-refractivity contribution in [1.82, 2.24) is 4.98 Å². The van der Waals surface area contributed by atoms with Gasteiger partial charge in [0.25, 0.3) is 0 Å². The van der Waals surface area contributed by atoms with Crippen molar-refractivity contribution in [2.45, 2.75) is 26.1 Å². The molecule has 0 amide bonds. The van der Waals surface area contributed by atoms with Gasteiger partial charge in [-0.3, -0.25) is 0 Å². The number of halogens is 3. The van der Waals surface area contributed by atoms with Gasteiger partial charge >= 0.3 is 6.18 Å². The second kappa shape index (κ2) is 4.04. The molecule has 1 rings (SSSR count). The smallest absolute Gasteiger partial charge is 0.212 e. The molecule has 0 aromatic carbocycles. The summed E-state index contributed by atoms with van der Waals surface area (Å²) in [5, 5.41) is 8.23. The Hall–Kier alpha value is -0.980. The highest BCUT2D eigenvalue weighted by molar-refractivity contribution is 7.13. The van der Waals surface area contributed by atoms with Crippen molar-refractivity contribution in [3.8, 4) is 0 Å². The fraction of sp³-hybridized carbons (Fsp3) is 0.571. The van der Waals surface area contributed by atoms with Gasteiger partial charge in [0.2, 0.25) is 5.13 Å². The van der Waals surface area contributed by atoms with Gasteiger partial charge < -0.3 is 0 Å². The highest BCUT2D eigenvalue weighted by Gasteiger charge is 2.33. The van der Waals surface area contributed by atoms with Gasteiger partial charge in [0.05, 0.1) is 6.04 Å². The summed E-state index contributed by atoms with van der Waals surface area (Å²) < 4.78 is 36.2. The van der Waals surface area contributed by atoms with E-state index in [-0.39, 0.29) is 11.2 Å². The predicted molar refractivity (Wildman–Crippen MR) is 46.8 cm³/mol. The minimum Gasteiger partial charge on any atom is -0.212 e. The van der Waals surface area contributed by atoms with Crippen molar-refractivity contribution in [1.29, 1.82) is 0 Å². The molecule has 0 unspecified atom stereocenters. The van der Waals surface area contributed by atoms with Crippen molar-refractivity contribution >= 4 is 16.5 Å². The summed E-state index contributed by atoms with van der Waals surface area (Å²) in [6.45, 7) is 3.56. The molecule has 0 atom stereocenters. The van der Waals surface area contributed by atoms with Crippen LogP contribution in [0.25, 0.3) is 0 Å². The lowest BCUT2D eigenvalue weighted by Gasteiger charge is -1.98. The van der Waals surface area contributed by atoms with Crippen LogP contribution in [0.4, 0.5) is 18.3 Å². The summed E-state index contributed by atoms with van der Waals surface area (Å²) in [5.41, 5.74) is -0.916. The van der Waals surface area contributed by atoms with E-state index in [2.05, 4.69) is 15.2 Å². The first-order valence-electron chi connectivity index (χ1n) is 3.83. The average molecular weight is 223 g/mol. The van der Waals surface area contributed by atoms with Crippen LogP contribution in [0.15, 0.2) is 15.6 Å². The van der Waals surface area contributed by atoms with E-state index in [1.165, 1.54) is 0 Å². The largest absolute Gasteiger partial charge is 0.434 e. The van der Waals surface area contributed by atoms with Crippen LogP contribution in [-0.4, -0.2) is 11.0 Å². The van der Waals surface area contributed by atoms with Crippen LogP contribution in [0.2, 0.25) is 0 Å². The number of hydrogen-bond donors (Lipinski definition) is 0. The van der Waals surface area contributed by atoms with Gasteiger partial charge in [-0.15, -0.1) is 16.5 Å². The third-order valence-corrected chi connectivity index (χ3v) is 1.88. The lowest BCUT2D eigenvalue weighted by Crippen LogP contribution is -2.04. The lowest BCUT2D eigenvalue weighted by molar-refractivity contribution is -0.140. The summed E-state index contributed by atoms with van der Waals surface area (Å²) in [5.74, 6) is 0. The van der Waals surface area contributed by atoms with E-state index >= 15 is 0 Å². The van der Waals surface area contributed by atoms with Crippen molar-refractivity contribution in [2.24, 2.45) is 10.2 Å². The van der Waals surface area contributed by atoms with Crippen LogP contribution in [-0.2, 0) is 6.18 Å². The molecule has 0 radical (unpaired) electrons. The number of rotatable bonds is 2. The van der Waals surface area contributed by atoms with Crippen LogP contribution in [0.5, 0.6) is 0 Å². The molecule has 3 nitrogen and oxygen atoms in total. The number of aromatic nitrogens is 1. The Balaban J connectivity index is 2.79. The zero-order valence-corrected chi connectivity index (χ0v) is 8.35. The maximum atomic E-state index is 12.1. The number of alkyl halides is 3. The maximum Gasteiger partial charge on any atom is 0.434 e. The summed E-state index contributed by atoms with van der Waals surface area (Å²) in [7, 11) is 0. The molecule has 0 bridgehead atoms. The molecule has 0 aliphatic heterocycles. The lowest BCUT2D eigenvalue weighted by atomic mass is 10.4. The molecular formula is C7H8F3N3S. The van der Waals surface area contributed by atoms with Crippen LogP contribution in [0, 0.1) is 0 Å². The van der Waals surface area contributed by atoms with E-state index < -0.39 is 11.9 Å². The van der Waals surface area contributed by atoms with Gasteiger partial charge in [0.1, 0.15) is 0 Å². The minimum absolute atomic E-state index is 0.0334. The number of thiazole rings is 1. The predicted octanol–water partition coefficient (Wildman–Crippen LogP) is 3.65. The quantitative estimate of drug-likeness (QED) is 0.705. The molecule has 0 N–H and O–H groups in total. The molecule has 1 aromatic rings. The summed E-state index contributed by atoms with van der Waals surface area (Å²) in [6, 6.07) is -0.0479. The van der Waals surface area contributed by atoms with Gasteiger partial charge in [-0.25, -0.2) is 4.98 Å². The first-order valence-corrected chi connectivity index (χ1v) is 4.71. The molecule has 0 aliphatic carbocycles. The molecule has 0 aliphatic rings. The van der Waals surface area contributed by atoms with Crippen molar-refractivity contribution in [3.63, 3.8) is 0 Å². The van der Waals surface area contributed by atoms with Gasteiger partial charge in [-0.05, 0) is 13.8 Å². The Labute approximate surface area is 82.7 Å². The van der Waals surface area contributed by atoms with Crippen LogP contribution < -0.4 is 0 Å². The van der Waals surface area contributed by atoms with E-state index in [4.69, 9.17) is 0 Å². The van der Waals surface area contributed by atoms with E-state index in [1.54, 1.807) is 13.8 Å². The topological polar surface area (TPSA) is 37.6 Å². The Morgan fingerprint density at radius 3 is 2.50 bits per heavy atom. The third kappa shape index (κ3) is 3.06. The first-order chi connectivity index (χ1) is 6.39. The fourth-order valence-corrected chi connectivity index (χ4v) is 1.25. The molecule has 7 heteroatoms. The molecule has 0 saturated heterocycles. The standard InChI is InChI=1S/C7H8F3N3S/c1-4(2)12-13-6-11-5(3-14-6)7(8,9)10/h3-4H,1-2H3. The minimum atomic E-state index is -4.40. The molecule has 14 heavy (non-hydrogen) atoms. The monoisotopic (exact) mass is 223 g/mol. The van der Waals surface area contributed by atoms with Crippen molar-refractivity contribution < 1.29 is 13.2 Å². The summed E-state index contributed by atoms with van der Waals surface area (Å²) in [6.07, 6.45) is -4.40. The second-order valence-electron chi connectivity index (χ2n) is 2.82. The average Bonchev–Trinajstić information content (AvgIpc) is 2.47. The number of hydrogen-bond acceptors (Lipinski definition) is 4. The molecule has 0 spiro atoms. The van der Waals surface area contributed by atoms with Gasteiger partial charge in [-0.1, -0.05) is 0 Å². The fourth-order valence-electron chi connectivity index (χ4n) is 0.605. The molecule has 78 valence electrons. The van der Waals surface area contributed by atoms with Gasteiger partial charge in [-0.2, -0.15) is 18.3 Å². The van der Waals surface area contributed by atoms with Crippen LogP contribution in [0.3, 0.4) is 0 Å². The van der Waals surface area contributed by atoms with Crippen LogP contribution >= 0.6 is 11.3 Å². The van der Waals surface area contributed by atoms with Gasteiger partial charge in [0, 0.05) is 5.38 Å². The molecule has 1 heterocycles. The highest BCUT2D eigenvalue weighted by Crippen LogP contribution is 2.32. The Bertz CT molecular complexity index is 329. The SMILES string of the molecule is CC(C)N=Nc1nc(C(F)(F)F)cs1. The highest BCUT2D eigenvalue weighted by atomic mass is 32.1. The van der Waals surface area contributed by atoms with Crippen molar-refractivity contribution in [2.75, 3.05) is 0 Å². The Morgan fingerprint density at radius 2 is 2.07 bits per heavy atom. The Morgan fingerprint density at radius 1 is 1.43 bits per heavy atom. The summed E-state index contributed by atoms with van der Waals surface area (Å²) >= 11 is 0.827. The van der Waals surface area contributed by atoms with E-state index in [1.807, 2.05) is 0 Å². The number of azo groups is 1. The first kappa shape index (κ1) is 11.1. The van der Waals surface area contributed by atoms with E-state index in [0.717, 1.165) is 16.7 Å². The zero-order chi connectivity index (χ0) is 10.8. The maximum absolute atomic E-state index is 12.1. The van der Waals surface area contributed by atoms with E-state index in [9.17, 15) is 13.2 Å². The Kier molecular flexibility index (Phi) is 3.20. The normalized spacial score (nSPS) is 13.0. The van der Waals surface area contributed by atoms with Crippen molar-refractivity contribution in [3.05, 3.63) is 11.1 Å². The molecular weight excluding hydrogens is 215 g/mol. The third-order valence-electron chi connectivity index (χ3n) is 1.16. The number of nitrogens with zero attached hydrogens (tertiary/aromatic N) is 3. The molecule has 0 saturated carbocycles. The molecule has 1 aromatic heterocycles. The summed E-state index contributed by atoms with van der Waals surface area (Å²) in [4.78, 5) is 3.29. The second-order valence-corrected chi connectivity index (χ2v) is 3.66. The van der Waals surface area contributed by atoms with Gasteiger partial charge in [0.15, 0.2) is 5.69 Å². The zero-order valence-electron chi connectivity index (χ0n) is 7.54. The van der Waals surface area contributed by atoms with E-state index in [0.29, 0.717) is 0 Å². The molecule has 0 fully saturated rings. The van der Waals surface area contributed by atoms with Crippen LogP contribution in [0.1, 0.15) is 19.5 Å².